The number of pyridine rings is 1. The molecule has 0 unspecified atom stereocenters. The molecule has 0 atom stereocenters. The van der Waals surface area contributed by atoms with Crippen LogP contribution in [0.1, 0.15) is 11.1 Å². The van der Waals surface area contributed by atoms with Crippen LogP contribution in [0, 0.1) is 10.1 Å². The molecule has 2 heterocycles. The normalized spacial score (nSPS) is 12.5. The van der Waals surface area contributed by atoms with E-state index in [-0.39, 0.29) is 29.5 Å². The molecule has 1 aliphatic heterocycles. The van der Waals surface area contributed by atoms with Crippen molar-refractivity contribution in [3.63, 3.8) is 0 Å². The first-order chi connectivity index (χ1) is 15.4. The number of benzene rings is 2. The molecule has 3 aromatic rings. The molecule has 9 heteroatoms. The lowest BCUT2D eigenvalue weighted by Gasteiger charge is -2.20. The topological polar surface area (TPSA) is 104 Å². The van der Waals surface area contributed by atoms with Crippen molar-refractivity contribution in [2.75, 3.05) is 13.8 Å². The number of amides is 1. The highest BCUT2D eigenvalue weighted by Crippen LogP contribution is 2.39. The van der Waals surface area contributed by atoms with Crippen LogP contribution >= 0.6 is 0 Å². The first-order valence-electron chi connectivity index (χ1n) is 9.71. The molecule has 2 aromatic carbocycles. The van der Waals surface area contributed by atoms with Gasteiger partial charge in [-0.3, -0.25) is 24.3 Å². The third kappa shape index (κ3) is 4.22. The average Bonchev–Trinajstić information content (AvgIpc) is 3.25. The van der Waals surface area contributed by atoms with E-state index in [1.54, 1.807) is 19.2 Å². The van der Waals surface area contributed by atoms with Gasteiger partial charge in [0.15, 0.2) is 11.5 Å². The Balaban J connectivity index is 1.81. The van der Waals surface area contributed by atoms with Crippen molar-refractivity contribution >= 4 is 23.4 Å². The predicted octanol–water partition coefficient (Wildman–Crippen LogP) is 3.14. The predicted molar refractivity (Wildman–Crippen MR) is 117 cm³/mol. The number of carbonyl (C=O) groups is 1. The standard InChI is InChI=1S/C23H19N3O6/c1-24(14-16-7-3-2-4-8-16)23(28)19(25-10-6-5-9-22(25)27)11-17-12-20-21(32-15-31-20)13-18(17)26(29)30/h2-13H,14-15H2,1H3/b19-11+. The molecule has 0 aliphatic carbocycles. The van der Waals surface area contributed by atoms with E-state index in [1.807, 2.05) is 30.3 Å². The summed E-state index contributed by atoms with van der Waals surface area (Å²) >= 11 is 0. The van der Waals surface area contributed by atoms with Gasteiger partial charge in [-0.1, -0.05) is 36.4 Å². The summed E-state index contributed by atoms with van der Waals surface area (Å²) in [5, 5.41) is 11.7. The molecule has 0 fully saturated rings. The summed E-state index contributed by atoms with van der Waals surface area (Å²) in [6.07, 6.45) is 2.77. The molecule has 0 bridgehead atoms. The van der Waals surface area contributed by atoms with E-state index in [4.69, 9.17) is 9.47 Å². The SMILES string of the molecule is CN(Cc1ccccc1)C(=O)/C(=C\c1cc2c(cc1[N+](=O)[O-])OCO2)n1ccccc1=O. The summed E-state index contributed by atoms with van der Waals surface area (Å²) in [4.78, 5) is 38.4. The van der Waals surface area contributed by atoms with Crippen molar-refractivity contribution in [1.29, 1.82) is 0 Å². The lowest BCUT2D eigenvalue weighted by Crippen LogP contribution is -2.32. The summed E-state index contributed by atoms with van der Waals surface area (Å²) < 4.78 is 11.7. The minimum atomic E-state index is -0.572. The highest BCUT2D eigenvalue weighted by Gasteiger charge is 2.25. The van der Waals surface area contributed by atoms with Crippen LogP contribution < -0.4 is 15.0 Å². The van der Waals surface area contributed by atoms with Crippen molar-refractivity contribution < 1.29 is 19.2 Å². The van der Waals surface area contributed by atoms with Gasteiger partial charge in [0.05, 0.1) is 16.6 Å². The Bertz CT molecular complexity index is 1270. The fraction of sp³-hybridized carbons (Fsp3) is 0.130. The second kappa shape index (κ2) is 8.76. The Morgan fingerprint density at radius 1 is 1.12 bits per heavy atom. The van der Waals surface area contributed by atoms with Gasteiger partial charge in [-0.2, -0.15) is 0 Å². The van der Waals surface area contributed by atoms with E-state index >= 15 is 0 Å². The molecule has 1 aromatic heterocycles. The molecular weight excluding hydrogens is 414 g/mol. The van der Waals surface area contributed by atoms with Crippen molar-refractivity contribution in [1.82, 2.24) is 9.47 Å². The molecule has 0 spiro atoms. The highest BCUT2D eigenvalue weighted by molar-refractivity contribution is 6.18. The number of carbonyl (C=O) groups excluding carboxylic acids is 1. The molecule has 0 saturated heterocycles. The van der Waals surface area contributed by atoms with E-state index < -0.39 is 16.4 Å². The molecule has 162 valence electrons. The van der Waals surface area contributed by atoms with Crippen molar-refractivity contribution in [3.8, 4) is 11.5 Å². The number of fused-ring (bicyclic) bond motifs is 1. The first-order valence-corrected chi connectivity index (χ1v) is 9.71. The number of nitrogens with zero attached hydrogens (tertiary/aromatic N) is 3. The van der Waals surface area contributed by atoms with Crippen LogP contribution in [0.2, 0.25) is 0 Å². The second-order valence-corrected chi connectivity index (χ2v) is 7.11. The quantitative estimate of drug-likeness (QED) is 0.336. The number of rotatable bonds is 6. The van der Waals surface area contributed by atoms with Crippen LogP contribution in [0.5, 0.6) is 11.5 Å². The Labute approximate surface area is 182 Å². The van der Waals surface area contributed by atoms with E-state index in [0.29, 0.717) is 12.3 Å². The van der Waals surface area contributed by atoms with Gasteiger partial charge in [0.2, 0.25) is 6.79 Å². The van der Waals surface area contributed by atoms with Gasteiger partial charge in [0, 0.05) is 25.9 Å². The largest absolute Gasteiger partial charge is 0.454 e. The van der Waals surface area contributed by atoms with Gasteiger partial charge in [-0.15, -0.1) is 0 Å². The third-order valence-electron chi connectivity index (χ3n) is 4.92. The molecule has 0 N–H and O–H groups in total. The average molecular weight is 433 g/mol. The number of hydrogen-bond donors (Lipinski definition) is 0. The molecule has 1 amide bonds. The van der Waals surface area contributed by atoms with Crippen LogP contribution in [-0.2, 0) is 11.3 Å². The van der Waals surface area contributed by atoms with Crippen LogP contribution in [0.25, 0.3) is 11.8 Å². The molecular formula is C23H19N3O6. The fourth-order valence-electron chi connectivity index (χ4n) is 3.35. The van der Waals surface area contributed by atoms with Crippen LogP contribution in [0.15, 0.2) is 71.7 Å². The monoisotopic (exact) mass is 433 g/mol. The lowest BCUT2D eigenvalue weighted by molar-refractivity contribution is -0.385. The van der Waals surface area contributed by atoms with Gasteiger partial charge in [0.1, 0.15) is 5.70 Å². The number of nitro benzene ring substituents is 1. The summed E-state index contributed by atoms with van der Waals surface area (Å²) in [7, 11) is 1.60. The van der Waals surface area contributed by atoms with Crippen molar-refractivity contribution in [2.45, 2.75) is 6.54 Å². The van der Waals surface area contributed by atoms with Crippen molar-refractivity contribution in [3.05, 3.63) is 98.5 Å². The zero-order valence-corrected chi connectivity index (χ0v) is 17.1. The Kier molecular flexibility index (Phi) is 5.71. The summed E-state index contributed by atoms with van der Waals surface area (Å²) in [5.74, 6) is 0.0978. The van der Waals surface area contributed by atoms with Crippen LogP contribution in [0.3, 0.4) is 0 Å². The number of aromatic nitrogens is 1. The zero-order chi connectivity index (χ0) is 22.7. The van der Waals surface area contributed by atoms with Gasteiger partial charge in [-0.05, 0) is 23.8 Å². The Hall–Kier alpha value is -4.40. The molecule has 0 radical (unpaired) electrons. The maximum absolute atomic E-state index is 13.4. The number of ether oxygens (including phenoxy) is 2. The van der Waals surface area contributed by atoms with E-state index in [9.17, 15) is 19.7 Å². The number of likely N-dealkylation sites (N-methyl/N-ethyl adjacent to an activating group) is 1. The van der Waals surface area contributed by atoms with Gasteiger partial charge < -0.3 is 14.4 Å². The molecule has 1 aliphatic rings. The van der Waals surface area contributed by atoms with Crippen molar-refractivity contribution in [2.24, 2.45) is 0 Å². The maximum Gasteiger partial charge on any atom is 0.280 e. The minimum absolute atomic E-state index is 0.0315. The zero-order valence-electron chi connectivity index (χ0n) is 17.1. The summed E-state index contributed by atoms with van der Waals surface area (Å²) in [6.45, 7) is 0.241. The van der Waals surface area contributed by atoms with E-state index in [2.05, 4.69) is 0 Å². The summed E-state index contributed by atoms with van der Waals surface area (Å²) in [5.41, 5.74) is 0.275. The highest BCUT2D eigenvalue weighted by atomic mass is 16.7. The first kappa shape index (κ1) is 20.9. The van der Waals surface area contributed by atoms with Crippen LogP contribution in [-0.4, -0.2) is 34.1 Å². The maximum atomic E-state index is 13.4. The molecule has 9 nitrogen and oxygen atoms in total. The lowest BCUT2D eigenvalue weighted by atomic mass is 10.1. The Morgan fingerprint density at radius 3 is 2.50 bits per heavy atom. The number of nitro groups is 1. The van der Waals surface area contributed by atoms with Gasteiger partial charge in [-0.25, -0.2) is 0 Å². The molecule has 0 saturated carbocycles. The van der Waals surface area contributed by atoms with E-state index in [1.165, 1.54) is 35.4 Å². The molecule has 32 heavy (non-hydrogen) atoms. The second-order valence-electron chi connectivity index (χ2n) is 7.11. The number of hydrogen-bond acceptors (Lipinski definition) is 6. The Morgan fingerprint density at radius 2 is 1.81 bits per heavy atom. The third-order valence-corrected chi connectivity index (χ3v) is 4.92. The fourth-order valence-corrected chi connectivity index (χ4v) is 3.35. The van der Waals surface area contributed by atoms with Crippen LogP contribution in [0.4, 0.5) is 5.69 Å². The molecule has 4 rings (SSSR count). The smallest absolute Gasteiger partial charge is 0.280 e. The van der Waals surface area contributed by atoms with Gasteiger partial charge in [0.25, 0.3) is 17.2 Å². The minimum Gasteiger partial charge on any atom is -0.454 e. The van der Waals surface area contributed by atoms with E-state index in [0.717, 1.165) is 10.1 Å². The van der Waals surface area contributed by atoms with Gasteiger partial charge >= 0.3 is 0 Å². The summed E-state index contributed by atoms with van der Waals surface area (Å²) in [6, 6.07) is 16.5.